The number of piperazine rings is 1. The zero-order chi connectivity index (χ0) is 15.0. The summed E-state index contributed by atoms with van der Waals surface area (Å²) in [5.41, 5.74) is -0.778. The molecule has 2 aliphatic rings. The van der Waals surface area contributed by atoms with E-state index in [9.17, 15) is 18.0 Å². The molecule has 0 aromatic carbocycles. The van der Waals surface area contributed by atoms with Crippen LogP contribution in [0.3, 0.4) is 0 Å². The van der Waals surface area contributed by atoms with E-state index in [0.29, 0.717) is 19.3 Å². The summed E-state index contributed by atoms with van der Waals surface area (Å²) in [7, 11) is -3.16. The molecule has 1 saturated carbocycles. The molecule has 1 heterocycles. The number of sulfone groups is 1. The fourth-order valence-electron chi connectivity index (χ4n) is 3.18. The van der Waals surface area contributed by atoms with Gasteiger partial charge in [0.2, 0.25) is 11.8 Å². The number of hydrogen-bond acceptors (Lipinski definition) is 4. The van der Waals surface area contributed by atoms with Crippen molar-refractivity contribution < 1.29 is 18.0 Å². The summed E-state index contributed by atoms with van der Waals surface area (Å²) < 4.78 is 22.7. The van der Waals surface area contributed by atoms with E-state index in [2.05, 4.69) is 5.32 Å². The second kappa shape index (κ2) is 5.35. The smallest absolute Gasteiger partial charge is 0.249 e. The monoisotopic (exact) mass is 302 g/mol. The minimum atomic E-state index is -3.16. The van der Waals surface area contributed by atoms with Crippen molar-refractivity contribution in [3.63, 3.8) is 0 Å². The van der Waals surface area contributed by atoms with Crippen LogP contribution in [0.1, 0.15) is 39.0 Å². The highest BCUT2D eigenvalue weighted by Gasteiger charge is 2.51. The summed E-state index contributed by atoms with van der Waals surface area (Å²) in [6.45, 7) is 1.93. The van der Waals surface area contributed by atoms with Crippen molar-refractivity contribution in [3.05, 3.63) is 0 Å². The van der Waals surface area contributed by atoms with Crippen LogP contribution < -0.4 is 5.32 Å². The molecular weight excluding hydrogens is 280 g/mol. The van der Waals surface area contributed by atoms with Crippen molar-refractivity contribution in [2.75, 3.05) is 18.6 Å². The number of rotatable bonds is 4. The van der Waals surface area contributed by atoms with Gasteiger partial charge < -0.3 is 10.2 Å². The molecule has 1 atom stereocenters. The van der Waals surface area contributed by atoms with Crippen molar-refractivity contribution >= 4 is 21.7 Å². The second-order valence-corrected chi connectivity index (χ2v) is 8.09. The fourth-order valence-corrected chi connectivity index (χ4v) is 3.70. The van der Waals surface area contributed by atoms with Gasteiger partial charge in [0.15, 0.2) is 0 Å². The van der Waals surface area contributed by atoms with E-state index >= 15 is 0 Å². The van der Waals surface area contributed by atoms with Gasteiger partial charge in [-0.25, -0.2) is 8.42 Å². The van der Waals surface area contributed by atoms with Crippen LogP contribution in [-0.4, -0.2) is 55.3 Å². The first kappa shape index (κ1) is 15.3. The Bertz CT molecular complexity index is 508. The Balaban J connectivity index is 2.23. The molecule has 2 amide bonds. The molecule has 1 saturated heterocycles. The average molecular weight is 302 g/mol. The van der Waals surface area contributed by atoms with Crippen molar-refractivity contribution in [1.82, 2.24) is 10.2 Å². The van der Waals surface area contributed by atoms with Gasteiger partial charge >= 0.3 is 0 Å². The average Bonchev–Trinajstić information content (AvgIpc) is 2.80. The Morgan fingerprint density at radius 3 is 2.40 bits per heavy atom. The van der Waals surface area contributed by atoms with Crippen molar-refractivity contribution in [2.24, 2.45) is 0 Å². The summed E-state index contributed by atoms with van der Waals surface area (Å²) >= 11 is 0. The minimum absolute atomic E-state index is 0.0986. The van der Waals surface area contributed by atoms with Gasteiger partial charge in [-0.05, 0) is 19.3 Å². The van der Waals surface area contributed by atoms with Gasteiger partial charge in [-0.2, -0.15) is 0 Å². The lowest BCUT2D eigenvalue weighted by atomic mass is 9.90. The van der Waals surface area contributed by atoms with Crippen molar-refractivity contribution in [2.45, 2.75) is 50.6 Å². The molecule has 1 N–H and O–H groups in total. The molecular formula is C13H22N2O4S. The molecule has 114 valence electrons. The molecule has 1 unspecified atom stereocenters. The van der Waals surface area contributed by atoms with Gasteiger partial charge in [0.05, 0.1) is 5.75 Å². The maximum Gasteiger partial charge on any atom is 0.249 e. The lowest BCUT2D eigenvalue weighted by Crippen LogP contribution is -2.69. The van der Waals surface area contributed by atoms with E-state index in [1.807, 2.05) is 6.92 Å². The Morgan fingerprint density at radius 2 is 1.90 bits per heavy atom. The van der Waals surface area contributed by atoms with Crippen LogP contribution in [0.2, 0.25) is 0 Å². The lowest BCUT2D eigenvalue weighted by Gasteiger charge is -2.44. The normalized spacial score (nSPS) is 26.1. The highest BCUT2D eigenvalue weighted by Crippen LogP contribution is 2.35. The summed E-state index contributed by atoms with van der Waals surface area (Å²) in [6, 6.07) is -0.546. The quantitative estimate of drug-likeness (QED) is 0.797. The van der Waals surface area contributed by atoms with E-state index in [-0.39, 0.29) is 24.1 Å². The van der Waals surface area contributed by atoms with E-state index in [4.69, 9.17) is 0 Å². The first-order valence-corrected chi connectivity index (χ1v) is 9.16. The van der Waals surface area contributed by atoms with Gasteiger partial charge in [-0.1, -0.05) is 19.8 Å². The summed E-state index contributed by atoms with van der Waals surface area (Å²) in [5, 5.41) is 2.89. The van der Waals surface area contributed by atoms with Crippen molar-refractivity contribution in [1.29, 1.82) is 0 Å². The zero-order valence-corrected chi connectivity index (χ0v) is 12.8. The minimum Gasteiger partial charge on any atom is -0.340 e. The summed E-state index contributed by atoms with van der Waals surface area (Å²) in [6.07, 6.45) is 4.80. The molecule has 0 aromatic rings. The third-order valence-electron chi connectivity index (χ3n) is 4.26. The van der Waals surface area contributed by atoms with Gasteiger partial charge in [0.1, 0.15) is 21.4 Å². The molecule has 0 radical (unpaired) electrons. The molecule has 1 aliphatic carbocycles. The molecule has 6 nitrogen and oxygen atoms in total. The van der Waals surface area contributed by atoms with Crippen LogP contribution in [0.15, 0.2) is 0 Å². The van der Waals surface area contributed by atoms with E-state index < -0.39 is 21.4 Å². The van der Waals surface area contributed by atoms with Crippen LogP contribution in [0.4, 0.5) is 0 Å². The summed E-state index contributed by atoms with van der Waals surface area (Å²) in [4.78, 5) is 26.4. The number of nitrogens with one attached hydrogen (secondary N) is 1. The van der Waals surface area contributed by atoms with Crippen LogP contribution >= 0.6 is 0 Å². The Kier molecular flexibility index (Phi) is 4.09. The molecule has 1 spiro atoms. The molecule has 2 rings (SSSR count). The van der Waals surface area contributed by atoms with E-state index in [1.54, 1.807) is 0 Å². The Hall–Kier alpha value is -1.11. The zero-order valence-electron chi connectivity index (χ0n) is 12.0. The number of nitrogens with zero attached hydrogens (tertiary/aromatic N) is 1. The van der Waals surface area contributed by atoms with Crippen LogP contribution in [-0.2, 0) is 19.4 Å². The molecule has 1 aliphatic heterocycles. The Morgan fingerprint density at radius 1 is 1.30 bits per heavy atom. The topological polar surface area (TPSA) is 83.6 Å². The predicted octanol–water partition coefficient (Wildman–Crippen LogP) is 0.0808. The maximum atomic E-state index is 12.7. The third-order valence-corrected chi connectivity index (χ3v) is 5.18. The third kappa shape index (κ3) is 2.82. The van der Waals surface area contributed by atoms with Crippen LogP contribution in [0.5, 0.6) is 0 Å². The van der Waals surface area contributed by atoms with Crippen LogP contribution in [0, 0.1) is 0 Å². The largest absolute Gasteiger partial charge is 0.340 e. The molecule has 20 heavy (non-hydrogen) atoms. The molecule has 0 aromatic heterocycles. The van der Waals surface area contributed by atoms with Crippen molar-refractivity contribution in [3.8, 4) is 0 Å². The predicted molar refractivity (Wildman–Crippen MR) is 74.8 cm³/mol. The standard InChI is InChI=1S/C13H22N2O4S/c1-3-10-11(16)14-13(6-4-5-7-13)12(17)15(10)8-9-20(2,18)19/h10H,3-9H2,1-2H3,(H,14,16). The number of carbonyl (C=O) groups is 2. The van der Waals surface area contributed by atoms with E-state index in [0.717, 1.165) is 19.1 Å². The van der Waals surface area contributed by atoms with Gasteiger partial charge in [0.25, 0.3) is 0 Å². The first-order chi connectivity index (χ1) is 9.29. The van der Waals surface area contributed by atoms with Gasteiger partial charge in [-0.3, -0.25) is 9.59 Å². The first-order valence-electron chi connectivity index (χ1n) is 7.10. The van der Waals surface area contributed by atoms with Crippen LogP contribution in [0.25, 0.3) is 0 Å². The van der Waals surface area contributed by atoms with Gasteiger partial charge in [-0.15, -0.1) is 0 Å². The molecule has 0 bridgehead atoms. The number of amides is 2. The lowest BCUT2D eigenvalue weighted by molar-refractivity contribution is -0.154. The molecule has 2 fully saturated rings. The summed E-state index contributed by atoms with van der Waals surface area (Å²) in [5.74, 6) is -0.355. The molecule has 7 heteroatoms. The maximum absolute atomic E-state index is 12.7. The highest BCUT2D eigenvalue weighted by atomic mass is 32.2. The Labute approximate surface area is 119 Å². The highest BCUT2D eigenvalue weighted by molar-refractivity contribution is 7.90. The number of hydrogen-bond donors (Lipinski definition) is 1. The van der Waals surface area contributed by atoms with E-state index in [1.165, 1.54) is 4.90 Å². The fraction of sp³-hybridized carbons (Fsp3) is 0.846. The second-order valence-electron chi connectivity index (χ2n) is 5.83. The SMILES string of the molecule is CCC1C(=O)NC2(CCCC2)C(=O)N1CCS(C)(=O)=O. The number of carbonyl (C=O) groups excluding carboxylic acids is 2. The van der Waals surface area contributed by atoms with Gasteiger partial charge in [0, 0.05) is 12.8 Å².